The summed E-state index contributed by atoms with van der Waals surface area (Å²) in [6.45, 7) is 9.73. The maximum atomic E-state index is 12.6. The van der Waals surface area contributed by atoms with Crippen molar-refractivity contribution in [3.63, 3.8) is 0 Å². The van der Waals surface area contributed by atoms with Crippen LogP contribution >= 0.6 is 0 Å². The number of esters is 1. The Hall–Kier alpha value is -3.09. The minimum Gasteiger partial charge on any atom is -0.462 e. The third-order valence-corrected chi connectivity index (χ3v) is 4.40. The standard InChI is InChI=1S/C22H29N3O4/c1-6-29-22(28)19-14(4)20(24-15(19)5)21(27)23-12-16-8-7-9-17(11-16)25-18(26)10-13(2)3/h7-9,11,13,24H,6,10,12H2,1-5H3,(H,23,27)(H,25,26). The summed E-state index contributed by atoms with van der Waals surface area (Å²) in [5, 5.41) is 5.71. The summed E-state index contributed by atoms with van der Waals surface area (Å²) in [4.78, 5) is 39.6. The van der Waals surface area contributed by atoms with Gasteiger partial charge in [0.1, 0.15) is 5.69 Å². The van der Waals surface area contributed by atoms with Crippen LogP contribution in [0.1, 0.15) is 64.9 Å². The van der Waals surface area contributed by atoms with E-state index in [0.717, 1.165) is 5.56 Å². The van der Waals surface area contributed by atoms with Crippen molar-refractivity contribution in [1.82, 2.24) is 10.3 Å². The van der Waals surface area contributed by atoms with E-state index in [4.69, 9.17) is 4.74 Å². The smallest absolute Gasteiger partial charge is 0.340 e. The number of aromatic nitrogens is 1. The van der Waals surface area contributed by atoms with Gasteiger partial charge in [0.05, 0.1) is 12.2 Å². The Morgan fingerprint density at radius 3 is 2.55 bits per heavy atom. The van der Waals surface area contributed by atoms with Crippen molar-refractivity contribution < 1.29 is 19.1 Å². The van der Waals surface area contributed by atoms with Gasteiger partial charge in [0.25, 0.3) is 5.91 Å². The van der Waals surface area contributed by atoms with Gasteiger partial charge >= 0.3 is 5.97 Å². The zero-order valence-electron chi connectivity index (χ0n) is 17.6. The number of anilines is 1. The molecule has 2 rings (SSSR count). The number of benzene rings is 1. The molecule has 3 N–H and O–H groups in total. The maximum Gasteiger partial charge on any atom is 0.340 e. The fourth-order valence-electron chi connectivity index (χ4n) is 3.10. The molecule has 7 heteroatoms. The van der Waals surface area contributed by atoms with Crippen molar-refractivity contribution >= 4 is 23.5 Å². The van der Waals surface area contributed by atoms with Gasteiger partial charge in [-0.3, -0.25) is 9.59 Å². The number of hydrogen-bond acceptors (Lipinski definition) is 4. The number of nitrogens with one attached hydrogen (secondary N) is 3. The van der Waals surface area contributed by atoms with Crippen LogP contribution < -0.4 is 10.6 Å². The first kappa shape index (κ1) is 22.2. The van der Waals surface area contributed by atoms with Crippen molar-refractivity contribution in [2.24, 2.45) is 5.92 Å². The minimum absolute atomic E-state index is 0.0369. The van der Waals surface area contributed by atoms with Crippen molar-refractivity contribution in [2.75, 3.05) is 11.9 Å². The van der Waals surface area contributed by atoms with Crippen LogP contribution in [0.15, 0.2) is 24.3 Å². The maximum absolute atomic E-state index is 12.6. The molecule has 0 bridgehead atoms. The normalized spacial score (nSPS) is 10.7. The van der Waals surface area contributed by atoms with E-state index >= 15 is 0 Å². The Kier molecular flexibility index (Phi) is 7.59. The first-order valence-electron chi connectivity index (χ1n) is 9.76. The third kappa shape index (κ3) is 5.94. The number of aromatic amines is 1. The summed E-state index contributed by atoms with van der Waals surface area (Å²) in [5.41, 5.74) is 3.44. The fourth-order valence-corrected chi connectivity index (χ4v) is 3.10. The molecular weight excluding hydrogens is 370 g/mol. The van der Waals surface area contributed by atoms with E-state index < -0.39 is 5.97 Å². The molecule has 0 fully saturated rings. The second-order valence-electron chi connectivity index (χ2n) is 7.37. The number of ether oxygens (including phenoxy) is 1. The number of amides is 2. The SMILES string of the molecule is CCOC(=O)c1c(C)[nH]c(C(=O)NCc2cccc(NC(=O)CC(C)C)c2)c1C. The largest absolute Gasteiger partial charge is 0.462 e. The van der Waals surface area contributed by atoms with E-state index in [2.05, 4.69) is 15.6 Å². The highest BCUT2D eigenvalue weighted by molar-refractivity contribution is 6.00. The molecule has 29 heavy (non-hydrogen) atoms. The van der Waals surface area contributed by atoms with E-state index in [1.54, 1.807) is 20.8 Å². The van der Waals surface area contributed by atoms with Gasteiger partial charge in [-0.1, -0.05) is 26.0 Å². The Bertz CT molecular complexity index is 899. The number of H-pyrrole nitrogens is 1. The van der Waals surface area contributed by atoms with Gasteiger partial charge in [0, 0.05) is 24.3 Å². The average molecular weight is 399 g/mol. The third-order valence-electron chi connectivity index (χ3n) is 4.40. The molecule has 0 unspecified atom stereocenters. The van der Waals surface area contributed by atoms with Crippen LogP contribution in [0.2, 0.25) is 0 Å². The van der Waals surface area contributed by atoms with Crippen LogP contribution in [0, 0.1) is 19.8 Å². The predicted molar refractivity (Wildman–Crippen MR) is 112 cm³/mol. The van der Waals surface area contributed by atoms with Crippen molar-refractivity contribution in [2.45, 2.75) is 47.6 Å². The molecule has 1 aromatic carbocycles. The van der Waals surface area contributed by atoms with Crippen molar-refractivity contribution in [1.29, 1.82) is 0 Å². The van der Waals surface area contributed by atoms with Crippen LogP contribution in [0.25, 0.3) is 0 Å². The lowest BCUT2D eigenvalue weighted by Gasteiger charge is -2.10. The molecule has 0 saturated carbocycles. The highest BCUT2D eigenvalue weighted by atomic mass is 16.5. The van der Waals surface area contributed by atoms with Gasteiger partial charge in [0.2, 0.25) is 5.91 Å². The molecule has 0 aliphatic carbocycles. The zero-order chi connectivity index (χ0) is 21.6. The number of rotatable bonds is 8. The second kappa shape index (κ2) is 9.91. The zero-order valence-corrected chi connectivity index (χ0v) is 17.6. The molecule has 7 nitrogen and oxygen atoms in total. The van der Waals surface area contributed by atoms with Crippen LogP contribution in [0.5, 0.6) is 0 Å². The Labute approximate surface area is 171 Å². The van der Waals surface area contributed by atoms with E-state index in [-0.39, 0.29) is 24.3 Å². The Morgan fingerprint density at radius 2 is 1.90 bits per heavy atom. The molecule has 0 aliphatic rings. The monoisotopic (exact) mass is 399 g/mol. The van der Waals surface area contributed by atoms with Gasteiger partial charge in [-0.25, -0.2) is 4.79 Å². The fraction of sp³-hybridized carbons (Fsp3) is 0.409. The highest BCUT2D eigenvalue weighted by Crippen LogP contribution is 2.19. The molecule has 0 spiro atoms. The molecule has 156 valence electrons. The molecule has 1 aromatic heterocycles. The lowest BCUT2D eigenvalue weighted by atomic mass is 10.1. The van der Waals surface area contributed by atoms with Crippen LogP contribution in [0.4, 0.5) is 5.69 Å². The van der Waals surface area contributed by atoms with Crippen LogP contribution in [0.3, 0.4) is 0 Å². The molecule has 0 aliphatic heterocycles. The lowest BCUT2D eigenvalue weighted by Crippen LogP contribution is -2.24. The molecule has 2 amide bonds. The van der Waals surface area contributed by atoms with Gasteiger partial charge in [0.15, 0.2) is 0 Å². The average Bonchev–Trinajstić information content (AvgIpc) is 2.94. The first-order chi connectivity index (χ1) is 13.7. The Morgan fingerprint density at radius 1 is 1.17 bits per heavy atom. The molecule has 0 atom stereocenters. The lowest BCUT2D eigenvalue weighted by molar-refractivity contribution is -0.116. The first-order valence-corrected chi connectivity index (χ1v) is 9.76. The van der Waals surface area contributed by atoms with Gasteiger partial charge in [-0.15, -0.1) is 0 Å². The summed E-state index contributed by atoms with van der Waals surface area (Å²) in [7, 11) is 0. The van der Waals surface area contributed by atoms with Crippen LogP contribution in [-0.2, 0) is 16.1 Å². The summed E-state index contributed by atoms with van der Waals surface area (Å²) in [6.07, 6.45) is 0.454. The van der Waals surface area contributed by atoms with Gasteiger partial charge in [-0.05, 0) is 49.9 Å². The quantitative estimate of drug-likeness (QED) is 0.589. The van der Waals surface area contributed by atoms with Crippen LogP contribution in [-0.4, -0.2) is 29.4 Å². The molecule has 1 heterocycles. The number of hydrogen-bond donors (Lipinski definition) is 3. The van der Waals surface area contributed by atoms with E-state index in [9.17, 15) is 14.4 Å². The van der Waals surface area contributed by atoms with Crippen molar-refractivity contribution in [3.8, 4) is 0 Å². The molecule has 0 saturated heterocycles. The Balaban J connectivity index is 2.04. The van der Waals surface area contributed by atoms with E-state index in [0.29, 0.717) is 41.2 Å². The number of aryl methyl sites for hydroxylation is 1. The number of carbonyl (C=O) groups is 3. The highest BCUT2D eigenvalue weighted by Gasteiger charge is 2.22. The van der Waals surface area contributed by atoms with E-state index in [1.165, 1.54) is 0 Å². The molecular formula is C22H29N3O4. The summed E-state index contributed by atoms with van der Waals surface area (Å²) < 4.78 is 5.06. The van der Waals surface area contributed by atoms with E-state index in [1.807, 2.05) is 38.1 Å². The minimum atomic E-state index is -0.442. The topological polar surface area (TPSA) is 100 Å². The predicted octanol–water partition coefficient (Wildman–Crippen LogP) is 3.72. The van der Waals surface area contributed by atoms with Gasteiger partial charge in [-0.2, -0.15) is 0 Å². The summed E-state index contributed by atoms with van der Waals surface area (Å²) in [5.74, 6) is -0.507. The molecule has 2 aromatic rings. The van der Waals surface area contributed by atoms with Crippen molar-refractivity contribution in [3.05, 3.63) is 52.3 Å². The number of carbonyl (C=O) groups excluding carboxylic acids is 3. The van der Waals surface area contributed by atoms with Gasteiger partial charge < -0.3 is 20.4 Å². The summed E-state index contributed by atoms with van der Waals surface area (Å²) in [6, 6.07) is 7.34. The molecule has 0 radical (unpaired) electrons. The summed E-state index contributed by atoms with van der Waals surface area (Å²) >= 11 is 0. The second-order valence-corrected chi connectivity index (χ2v) is 7.37.